The molecule has 0 aliphatic carbocycles. The van der Waals surface area contributed by atoms with Gasteiger partial charge in [0.2, 0.25) is 17.8 Å². The molecule has 1 aromatic carbocycles. The summed E-state index contributed by atoms with van der Waals surface area (Å²) in [6.07, 6.45) is 0.924. The summed E-state index contributed by atoms with van der Waals surface area (Å²) in [6.45, 7) is 2.11. The fourth-order valence-electron chi connectivity index (χ4n) is 1.91. The molecule has 0 aliphatic heterocycles. The Morgan fingerprint density at radius 1 is 1.15 bits per heavy atom. The van der Waals surface area contributed by atoms with Crippen LogP contribution in [0.3, 0.4) is 0 Å². The van der Waals surface area contributed by atoms with Crippen molar-refractivity contribution < 1.29 is 0 Å². The number of anilines is 3. The van der Waals surface area contributed by atoms with Crippen LogP contribution in [0, 0.1) is 0 Å². The van der Waals surface area contributed by atoms with Gasteiger partial charge in [-0.3, -0.25) is 0 Å². The van der Waals surface area contributed by atoms with Crippen LogP contribution in [-0.4, -0.2) is 29.0 Å². The maximum absolute atomic E-state index is 5.72. The summed E-state index contributed by atoms with van der Waals surface area (Å²) in [5, 5.41) is 3.31. The highest BCUT2D eigenvalue weighted by atomic mass is 15.3. The molecule has 0 spiro atoms. The van der Waals surface area contributed by atoms with Crippen molar-refractivity contribution in [2.45, 2.75) is 19.4 Å². The number of nitrogens with two attached hydrogens (primary N) is 1. The zero-order chi connectivity index (χ0) is 14.5. The molecule has 0 aliphatic rings. The molecule has 0 saturated carbocycles. The lowest BCUT2D eigenvalue weighted by atomic mass is 10.1. The number of benzene rings is 1. The van der Waals surface area contributed by atoms with Gasteiger partial charge in [0.05, 0.1) is 6.04 Å². The molecule has 0 saturated heterocycles. The summed E-state index contributed by atoms with van der Waals surface area (Å²) < 4.78 is 0. The van der Waals surface area contributed by atoms with Gasteiger partial charge in [-0.1, -0.05) is 37.3 Å². The second-order valence-corrected chi connectivity index (χ2v) is 4.73. The van der Waals surface area contributed by atoms with Crippen LogP contribution in [0.1, 0.15) is 24.9 Å². The van der Waals surface area contributed by atoms with E-state index in [9.17, 15) is 0 Å². The molecule has 1 atom stereocenters. The van der Waals surface area contributed by atoms with Gasteiger partial charge in [-0.25, -0.2) is 0 Å². The lowest BCUT2D eigenvalue weighted by Gasteiger charge is -2.18. The fraction of sp³-hybridized carbons (Fsp3) is 0.357. The van der Waals surface area contributed by atoms with E-state index in [4.69, 9.17) is 5.73 Å². The van der Waals surface area contributed by atoms with E-state index in [2.05, 4.69) is 39.3 Å². The van der Waals surface area contributed by atoms with E-state index in [1.165, 1.54) is 5.56 Å². The molecule has 6 nitrogen and oxygen atoms in total. The van der Waals surface area contributed by atoms with Crippen LogP contribution in [0.15, 0.2) is 30.3 Å². The Bertz CT molecular complexity index is 555. The van der Waals surface area contributed by atoms with Gasteiger partial charge in [0.15, 0.2) is 0 Å². The molecule has 106 valence electrons. The highest BCUT2D eigenvalue weighted by molar-refractivity contribution is 5.42. The summed E-state index contributed by atoms with van der Waals surface area (Å²) >= 11 is 0. The van der Waals surface area contributed by atoms with Crippen molar-refractivity contribution in [1.29, 1.82) is 0 Å². The first-order valence-electron chi connectivity index (χ1n) is 6.60. The zero-order valence-electron chi connectivity index (χ0n) is 12.0. The van der Waals surface area contributed by atoms with Gasteiger partial charge in [0.25, 0.3) is 0 Å². The van der Waals surface area contributed by atoms with Crippen molar-refractivity contribution in [1.82, 2.24) is 15.0 Å². The minimum absolute atomic E-state index is 0.146. The van der Waals surface area contributed by atoms with Crippen molar-refractivity contribution in [3.8, 4) is 0 Å². The standard InChI is InChI=1S/C14H20N6/c1-4-11(10-8-6-5-7-9-10)16-13-17-12(15)18-14(19-13)20(2)3/h5-9,11H,4H2,1-3H3,(H3,15,16,17,18,19). The monoisotopic (exact) mass is 272 g/mol. The SMILES string of the molecule is CCC(Nc1nc(N)nc(N(C)C)n1)c1ccccc1. The predicted octanol–water partition coefficient (Wildman–Crippen LogP) is 2.08. The van der Waals surface area contributed by atoms with Gasteiger partial charge in [0.1, 0.15) is 0 Å². The number of nitrogen functional groups attached to an aromatic ring is 1. The summed E-state index contributed by atoms with van der Waals surface area (Å²) in [4.78, 5) is 14.4. The Morgan fingerprint density at radius 2 is 1.85 bits per heavy atom. The highest BCUT2D eigenvalue weighted by Crippen LogP contribution is 2.21. The van der Waals surface area contributed by atoms with Crippen LogP contribution >= 0.6 is 0 Å². The Labute approximate surface area is 119 Å². The zero-order valence-corrected chi connectivity index (χ0v) is 12.0. The first kappa shape index (κ1) is 14.0. The molecule has 20 heavy (non-hydrogen) atoms. The number of hydrogen-bond donors (Lipinski definition) is 2. The van der Waals surface area contributed by atoms with Crippen LogP contribution in [0.25, 0.3) is 0 Å². The van der Waals surface area contributed by atoms with Gasteiger partial charge >= 0.3 is 0 Å². The molecule has 0 radical (unpaired) electrons. The minimum atomic E-state index is 0.146. The molecule has 2 aromatic rings. The molecular weight excluding hydrogens is 252 g/mol. The maximum Gasteiger partial charge on any atom is 0.231 e. The number of nitrogens with one attached hydrogen (secondary N) is 1. The van der Waals surface area contributed by atoms with Gasteiger partial charge in [-0.2, -0.15) is 15.0 Å². The Morgan fingerprint density at radius 3 is 2.45 bits per heavy atom. The summed E-state index contributed by atoms with van der Waals surface area (Å²) in [5.41, 5.74) is 6.92. The van der Waals surface area contributed by atoms with E-state index in [-0.39, 0.29) is 12.0 Å². The van der Waals surface area contributed by atoms with Gasteiger partial charge in [-0.05, 0) is 12.0 Å². The van der Waals surface area contributed by atoms with Crippen molar-refractivity contribution in [3.05, 3.63) is 35.9 Å². The number of aromatic nitrogens is 3. The normalized spacial score (nSPS) is 11.9. The molecule has 0 bridgehead atoms. The molecule has 0 fully saturated rings. The third kappa shape index (κ3) is 3.34. The molecule has 6 heteroatoms. The van der Waals surface area contributed by atoms with Gasteiger partial charge in [0, 0.05) is 14.1 Å². The molecule has 3 N–H and O–H groups in total. The van der Waals surface area contributed by atoms with Gasteiger partial charge in [-0.15, -0.1) is 0 Å². The smallest absolute Gasteiger partial charge is 0.231 e. The second-order valence-electron chi connectivity index (χ2n) is 4.73. The fourth-order valence-corrected chi connectivity index (χ4v) is 1.91. The van der Waals surface area contributed by atoms with Crippen LogP contribution in [0.5, 0.6) is 0 Å². The van der Waals surface area contributed by atoms with E-state index in [1.807, 2.05) is 32.3 Å². The van der Waals surface area contributed by atoms with E-state index < -0.39 is 0 Å². The first-order chi connectivity index (χ1) is 9.60. The van der Waals surface area contributed by atoms with Crippen LogP contribution in [0.2, 0.25) is 0 Å². The summed E-state index contributed by atoms with van der Waals surface area (Å²) in [6, 6.07) is 10.4. The predicted molar refractivity (Wildman–Crippen MR) is 81.7 cm³/mol. The van der Waals surface area contributed by atoms with E-state index >= 15 is 0 Å². The van der Waals surface area contributed by atoms with Gasteiger partial charge < -0.3 is 16.0 Å². The topological polar surface area (TPSA) is 80.0 Å². The molecule has 1 heterocycles. The maximum atomic E-state index is 5.72. The minimum Gasteiger partial charge on any atom is -0.368 e. The quantitative estimate of drug-likeness (QED) is 0.867. The molecule has 1 unspecified atom stereocenters. The summed E-state index contributed by atoms with van der Waals surface area (Å²) in [5.74, 6) is 1.26. The van der Waals surface area contributed by atoms with E-state index in [1.54, 1.807) is 4.90 Å². The molecule has 1 aromatic heterocycles. The van der Waals surface area contributed by atoms with Crippen LogP contribution in [-0.2, 0) is 0 Å². The van der Waals surface area contributed by atoms with Crippen molar-refractivity contribution in [2.24, 2.45) is 0 Å². The van der Waals surface area contributed by atoms with Crippen LogP contribution in [0.4, 0.5) is 17.8 Å². The Kier molecular flexibility index (Phi) is 4.34. The van der Waals surface area contributed by atoms with Crippen molar-refractivity contribution in [2.75, 3.05) is 30.0 Å². The van der Waals surface area contributed by atoms with Crippen molar-refractivity contribution >= 4 is 17.8 Å². The third-order valence-electron chi connectivity index (χ3n) is 2.95. The third-order valence-corrected chi connectivity index (χ3v) is 2.95. The lowest BCUT2D eigenvalue weighted by molar-refractivity contribution is 0.736. The number of nitrogens with zero attached hydrogens (tertiary/aromatic N) is 4. The first-order valence-corrected chi connectivity index (χ1v) is 6.60. The second kappa shape index (κ2) is 6.18. The number of hydrogen-bond acceptors (Lipinski definition) is 6. The summed E-state index contributed by atoms with van der Waals surface area (Å²) in [7, 11) is 3.74. The molecular formula is C14H20N6. The van der Waals surface area contributed by atoms with Crippen molar-refractivity contribution in [3.63, 3.8) is 0 Å². The Hall–Kier alpha value is -2.37. The van der Waals surface area contributed by atoms with E-state index in [0.717, 1.165) is 6.42 Å². The molecule has 0 amide bonds. The largest absolute Gasteiger partial charge is 0.368 e. The molecule has 2 rings (SSSR count). The van der Waals surface area contributed by atoms with E-state index in [0.29, 0.717) is 11.9 Å². The van der Waals surface area contributed by atoms with Crippen LogP contribution < -0.4 is 16.0 Å². The lowest BCUT2D eigenvalue weighted by Crippen LogP contribution is -2.18. The number of rotatable bonds is 5. The Balaban J connectivity index is 2.24. The highest BCUT2D eigenvalue weighted by Gasteiger charge is 2.12. The average molecular weight is 272 g/mol. The average Bonchev–Trinajstić information content (AvgIpc) is 2.45.